The van der Waals surface area contributed by atoms with Gasteiger partial charge in [-0.3, -0.25) is 24.0 Å². The lowest BCUT2D eigenvalue weighted by Gasteiger charge is -2.26. The predicted molar refractivity (Wildman–Crippen MR) is 119 cm³/mol. The van der Waals surface area contributed by atoms with Crippen LogP contribution in [0.25, 0.3) is 0 Å². The fraction of sp³-hybridized carbons (Fsp3) is 0.714. The summed E-state index contributed by atoms with van der Waals surface area (Å²) in [4.78, 5) is 71.6. The quantitative estimate of drug-likeness (QED) is 0.144. The van der Waals surface area contributed by atoms with E-state index in [0.29, 0.717) is 12.8 Å². The van der Waals surface area contributed by atoms with Gasteiger partial charge in [-0.2, -0.15) is 0 Å². The highest BCUT2D eigenvalue weighted by Crippen LogP contribution is 2.10. The fourth-order valence-electron chi connectivity index (χ4n) is 2.91. The Morgan fingerprint density at radius 2 is 1.24 bits per heavy atom. The van der Waals surface area contributed by atoms with Crippen LogP contribution in [-0.2, 0) is 28.8 Å². The van der Waals surface area contributed by atoms with Crippen LogP contribution in [0.5, 0.6) is 0 Å². The van der Waals surface area contributed by atoms with Crippen LogP contribution < -0.4 is 21.7 Å². The van der Waals surface area contributed by atoms with Crippen LogP contribution in [0.1, 0.15) is 59.8 Å². The minimum atomic E-state index is -1.59. The van der Waals surface area contributed by atoms with E-state index in [2.05, 4.69) is 16.0 Å². The molecule has 0 aliphatic carbocycles. The molecule has 0 saturated carbocycles. The van der Waals surface area contributed by atoms with Crippen LogP contribution in [-0.4, -0.2) is 75.1 Å². The molecule has 0 aliphatic heterocycles. The zero-order valence-electron chi connectivity index (χ0n) is 19.9. The lowest BCUT2D eigenvalue weighted by atomic mass is 9.98. The zero-order chi connectivity index (χ0) is 26.6. The Hall–Kier alpha value is -3.22. The van der Waals surface area contributed by atoms with Crippen molar-refractivity contribution < 1.29 is 44.1 Å². The average molecular weight is 489 g/mol. The summed E-state index contributed by atoms with van der Waals surface area (Å²) in [6.07, 6.45) is -0.758. The summed E-state index contributed by atoms with van der Waals surface area (Å²) in [5, 5.41) is 34.3. The Bertz CT molecular complexity index is 759. The predicted octanol–water partition coefficient (Wildman–Crippen LogP) is -0.716. The third-order valence-electron chi connectivity index (χ3n) is 5.63. The second-order valence-corrected chi connectivity index (χ2v) is 8.27. The molecule has 0 rings (SSSR count). The molecule has 0 bridgehead atoms. The van der Waals surface area contributed by atoms with Gasteiger partial charge in [-0.25, -0.2) is 4.79 Å². The van der Waals surface area contributed by atoms with Crippen molar-refractivity contribution in [2.24, 2.45) is 17.6 Å². The van der Waals surface area contributed by atoms with Gasteiger partial charge in [0, 0.05) is 6.42 Å². The van der Waals surface area contributed by atoms with Crippen molar-refractivity contribution in [2.45, 2.75) is 84.0 Å². The molecule has 0 aromatic carbocycles. The van der Waals surface area contributed by atoms with Crippen molar-refractivity contribution in [2.75, 3.05) is 0 Å². The Morgan fingerprint density at radius 1 is 0.735 bits per heavy atom. The smallest absolute Gasteiger partial charge is 0.326 e. The van der Waals surface area contributed by atoms with Gasteiger partial charge >= 0.3 is 17.9 Å². The van der Waals surface area contributed by atoms with Crippen LogP contribution in [0, 0.1) is 11.8 Å². The van der Waals surface area contributed by atoms with Gasteiger partial charge in [-0.15, -0.1) is 0 Å². The summed E-state index contributed by atoms with van der Waals surface area (Å²) >= 11 is 0. The van der Waals surface area contributed by atoms with E-state index in [-0.39, 0.29) is 12.3 Å². The van der Waals surface area contributed by atoms with E-state index in [9.17, 15) is 33.9 Å². The first-order valence-corrected chi connectivity index (χ1v) is 11.1. The molecule has 34 heavy (non-hydrogen) atoms. The number of carbonyl (C=O) groups excluding carboxylic acids is 3. The number of carboxylic acids is 3. The second-order valence-electron chi connectivity index (χ2n) is 8.27. The van der Waals surface area contributed by atoms with E-state index >= 15 is 0 Å². The molecule has 0 aliphatic rings. The Balaban J connectivity index is 5.68. The summed E-state index contributed by atoms with van der Waals surface area (Å²) in [6, 6.07) is -5.37. The van der Waals surface area contributed by atoms with E-state index in [1.54, 1.807) is 27.7 Å². The summed E-state index contributed by atoms with van der Waals surface area (Å²) in [7, 11) is 0. The molecule has 3 amide bonds. The third-order valence-corrected chi connectivity index (χ3v) is 5.63. The molecule has 0 aromatic heterocycles. The lowest BCUT2D eigenvalue weighted by molar-refractivity contribution is -0.145. The molecule has 0 fully saturated rings. The first-order chi connectivity index (χ1) is 15.7. The third kappa shape index (κ3) is 10.6. The van der Waals surface area contributed by atoms with Crippen molar-refractivity contribution >= 4 is 35.6 Å². The van der Waals surface area contributed by atoms with Crippen molar-refractivity contribution in [1.82, 2.24) is 16.0 Å². The number of carbonyl (C=O) groups is 6. The number of carboxylic acid groups (broad SMARTS) is 3. The maximum absolute atomic E-state index is 12.8. The minimum Gasteiger partial charge on any atom is -0.481 e. The molecule has 13 heteroatoms. The molecule has 0 heterocycles. The SMILES string of the molecule is CCC(C)C(N)C(=O)NC(CC(=O)O)C(=O)NC(CCC(=O)O)C(=O)NC(C(=O)O)C(C)CC. The van der Waals surface area contributed by atoms with E-state index in [1.165, 1.54) is 0 Å². The minimum absolute atomic E-state index is 0.254. The highest BCUT2D eigenvalue weighted by Gasteiger charge is 2.33. The number of hydrogen-bond donors (Lipinski definition) is 7. The molecule has 0 radical (unpaired) electrons. The van der Waals surface area contributed by atoms with Gasteiger partial charge < -0.3 is 37.0 Å². The van der Waals surface area contributed by atoms with Crippen LogP contribution in [0.15, 0.2) is 0 Å². The lowest BCUT2D eigenvalue weighted by Crippen LogP contribution is -2.58. The monoisotopic (exact) mass is 488 g/mol. The Labute approximate surface area is 197 Å². The van der Waals surface area contributed by atoms with Crippen LogP contribution in [0.3, 0.4) is 0 Å². The van der Waals surface area contributed by atoms with Gasteiger partial charge in [-0.1, -0.05) is 40.5 Å². The fourth-order valence-corrected chi connectivity index (χ4v) is 2.91. The largest absolute Gasteiger partial charge is 0.481 e. The molecule has 0 spiro atoms. The van der Waals surface area contributed by atoms with E-state index < -0.39 is 78.6 Å². The summed E-state index contributed by atoms with van der Waals surface area (Å²) < 4.78 is 0. The van der Waals surface area contributed by atoms with Gasteiger partial charge in [0.2, 0.25) is 17.7 Å². The average Bonchev–Trinajstić information content (AvgIpc) is 2.76. The Morgan fingerprint density at radius 3 is 1.68 bits per heavy atom. The maximum atomic E-state index is 12.8. The molecule has 194 valence electrons. The summed E-state index contributed by atoms with van der Waals surface area (Å²) in [5.74, 6) is -7.45. The highest BCUT2D eigenvalue weighted by atomic mass is 16.4. The molecule has 6 unspecified atom stereocenters. The van der Waals surface area contributed by atoms with Crippen LogP contribution in [0.2, 0.25) is 0 Å². The molecule has 13 nitrogen and oxygen atoms in total. The summed E-state index contributed by atoms with van der Waals surface area (Å²) in [6.45, 7) is 6.83. The van der Waals surface area contributed by atoms with Crippen molar-refractivity contribution in [3.05, 3.63) is 0 Å². The van der Waals surface area contributed by atoms with Crippen molar-refractivity contribution in [3.8, 4) is 0 Å². The van der Waals surface area contributed by atoms with Gasteiger partial charge in [-0.05, 0) is 18.3 Å². The second kappa shape index (κ2) is 14.8. The number of amides is 3. The van der Waals surface area contributed by atoms with E-state index in [4.69, 9.17) is 15.9 Å². The molecular weight excluding hydrogens is 452 g/mol. The van der Waals surface area contributed by atoms with Crippen molar-refractivity contribution in [3.63, 3.8) is 0 Å². The van der Waals surface area contributed by atoms with E-state index in [1.807, 2.05) is 0 Å². The van der Waals surface area contributed by atoms with Gasteiger partial charge in [0.05, 0.1) is 12.5 Å². The number of nitrogens with two attached hydrogens (primary N) is 1. The normalized spacial score (nSPS) is 16.1. The molecule has 6 atom stereocenters. The molecular formula is C21H36N4O9. The van der Waals surface area contributed by atoms with Crippen LogP contribution >= 0.6 is 0 Å². The number of hydrogen-bond acceptors (Lipinski definition) is 7. The molecule has 0 aromatic rings. The van der Waals surface area contributed by atoms with Crippen LogP contribution in [0.4, 0.5) is 0 Å². The first kappa shape index (κ1) is 30.8. The highest BCUT2D eigenvalue weighted by molar-refractivity contribution is 5.95. The number of rotatable bonds is 16. The van der Waals surface area contributed by atoms with Gasteiger partial charge in [0.15, 0.2) is 0 Å². The van der Waals surface area contributed by atoms with Crippen molar-refractivity contribution in [1.29, 1.82) is 0 Å². The first-order valence-electron chi connectivity index (χ1n) is 11.1. The molecule has 0 saturated heterocycles. The number of aliphatic carboxylic acids is 3. The number of nitrogens with one attached hydrogen (secondary N) is 3. The van der Waals surface area contributed by atoms with Gasteiger partial charge in [0.25, 0.3) is 0 Å². The maximum Gasteiger partial charge on any atom is 0.326 e. The van der Waals surface area contributed by atoms with E-state index in [0.717, 1.165) is 0 Å². The summed E-state index contributed by atoms with van der Waals surface area (Å²) in [5.41, 5.74) is 5.83. The molecule has 8 N–H and O–H groups in total. The zero-order valence-corrected chi connectivity index (χ0v) is 19.9. The van der Waals surface area contributed by atoms with Gasteiger partial charge in [0.1, 0.15) is 18.1 Å². The topological polar surface area (TPSA) is 225 Å². The standard InChI is InChI=1S/C21H36N4O9/c1-5-10(3)16(22)20(32)24-13(9-15(28)29)19(31)23-12(7-8-14(26)27)18(30)25-17(21(33)34)11(4)6-2/h10-13,16-17H,5-9,22H2,1-4H3,(H,23,31)(H,24,32)(H,25,30)(H,26,27)(H,28,29)(H,33,34). The Kier molecular flexibility index (Phi) is 13.4.